The van der Waals surface area contributed by atoms with Gasteiger partial charge in [-0.15, -0.1) is 21.8 Å². The number of nitrogens with zero attached hydrogens (tertiary/aromatic N) is 3. The molecule has 6 heteroatoms. The highest BCUT2D eigenvalue weighted by atomic mass is 35.5. The molecule has 0 unspecified atom stereocenters. The van der Waals surface area contributed by atoms with Gasteiger partial charge in [0.05, 0.1) is 15.9 Å². The van der Waals surface area contributed by atoms with E-state index in [2.05, 4.69) is 31.0 Å². The fourth-order valence-electron chi connectivity index (χ4n) is 1.96. The maximum atomic E-state index is 6.26. The summed E-state index contributed by atoms with van der Waals surface area (Å²) in [5, 5.41) is 9.31. The molecular weight excluding hydrogens is 305 g/mol. The Hall–Kier alpha value is -0.770. The van der Waals surface area contributed by atoms with Crippen LogP contribution in [0.15, 0.2) is 18.2 Å². The van der Waals surface area contributed by atoms with Crippen LogP contribution in [0.4, 0.5) is 0 Å². The average Bonchev–Trinajstić information content (AvgIpc) is 2.76. The SMILES string of the molecule is CC(C)(C)n1c(CCl)nnc1-c1cccc(Cl)c1Cl. The van der Waals surface area contributed by atoms with Gasteiger partial charge < -0.3 is 4.57 Å². The van der Waals surface area contributed by atoms with E-state index in [0.29, 0.717) is 27.6 Å². The Balaban J connectivity index is 2.70. The van der Waals surface area contributed by atoms with Crippen molar-refractivity contribution < 1.29 is 0 Å². The van der Waals surface area contributed by atoms with Gasteiger partial charge in [-0.2, -0.15) is 0 Å². The van der Waals surface area contributed by atoms with E-state index < -0.39 is 0 Å². The molecule has 0 fully saturated rings. The summed E-state index contributed by atoms with van der Waals surface area (Å²) < 4.78 is 1.98. The van der Waals surface area contributed by atoms with Crippen molar-refractivity contribution in [2.45, 2.75) is 32.2 Å². The first-order chi connectivity index (χ1) is 8.86. The maximum Gasteiger partial charge on any atom is 0.166 e. The highest BCUT2D eigenvalue weighted by Gasteiger charge is 2.24. The van der Waals surface area contributed by atoms with E-state index in [4.69, 9.17) is 34.8 Å². The molecule has 1 aromatic heterocycles. The van der Waals surface area contributed by atoms with Crippen LogP contribution in [0.3, 0.4) is 0 Å². The van der Waals surface area contributed by atoms with Crippen molar-refractivity contribution in [1.29, 1.82) is 0 Å². The molecule has 0 aliphatic carbocycles. The molecule has 19 heavy (non-hydrogen) atoms. The van der Waals surface area contributed by atoms with Crippen LogP contribution in [0, 0.1) is 0 Å². The molecule has 3 nitrogen and oxygen atoms in total. The summed E-state index contributed by atoms with van der Waals surface area (Å²) in [6, 6.07) is 5.46. The highest BCUT2D eigenvalue weighted by Crippen LogP contribution is 2.35. The Labute approximate surface area is 127 Å². The zero-order chi connectivity index (χ0) is 14.2. The topological polar surface area (TPSA) is 30.7 Å². The summed E-state index contributed by atoms with van der Waals surface area (Å²) in [4.78, 5) is 0. The van der Waals surface area contributed by atoms with Gasteiger partial charge in [-0.05, 0) is 32.9 Å². The number of hydrogen-bond donors (Lipinski definition) is 0. The summed E-state index contributed by atoms with van der Waals surface area (Å²) in [7, 11) is 0. The molecule has 0 aliphatic rings. The molecule has 0 saturated heterocycles. The second kappa shape index (κ2) is 5.31. The first kappa shape index (κ1) is 14.6. The van der Waals surface area contributed by atoms with Gasteiger partial charge in [0.25, 0.3) is 0 Å². The molecule has 0 amide bonds. The van der Waals surface area contributed by atoms with Crippen molar-refractivity contribution in [2.24, 2.45) is 0 Å². The van der Waals surface area contributed by atoms with Crippen LogP contribution in [0.2, 0.25) is 10.0 Å². The fourth-order valence-corrected chi connectivity index (χ4v) is 2.52. The lowest BCUT2D eigenvalue weighted by molar-refractivity contribution is 0.390. The van der Waals surface area contributed by atoms with Crippen LogP contribution < -0.4 is 0 Å². The van der Waals surface area contributed by atoms with Crippen molar-refractivity contribution >= 4 is 34.8 Å². The van der Waals surface area contributed by atoms with Crippen molar-refractivity contribution in [1.82, 2.24) is 14.8 Å². The molecule has 0 spiro atoms. The third-order valence-electron chi connectivity index (χ3n) is 2.71. The number of hydrogen-bond acceptors (Lipinski definition) is 2. The zero-order valence-electron chi connectivity index (χ0n) is 10.9. The lowest BCUT2D eigenvalue weighted by atomic mass is 10.1. The second-order valence-electron chi connectivity index (χ2n) is 5.18. The molecule has 0 saturated carbocycles. The predicted octanol–water partition coefficient (Wildman–Crippen LogP) is 4.75. The minimum Gasteiger partial charge on any atom is -0.305 e. The monoisotopic (exact) mass is 317 g/mol. The summed E-state index contributed by atoms with van der Waals surface area (Å²) in [5.74, 6) is 1.68. The standard InChI is InChI=1S/C13H14Cl3N3/c1-13(2,3)19-10(7-14)17-18-12(19)8-5-4-6-9(15)11(8)16/h4-6H,7H2,1-3H3. The lowest BCUT2D eigenvalue weighted by Crippen LogP contribution is -2.24. The van der Waals surface area contributed by atoms with E-state index in [0.717, 1.165) is 5.56 Å². The number of alkyl halides is 1. The van der Waals surface area contributed by atoms with E-state index in [1.54, 1.807) is 6.07 Å². The van der Waals surface area contributed by atoms with Crippen LogP contribution in [-0.4, -0.2) is 14.8 Å². The molecule has 0 bridgehead atoms. The first-order valence-electron chi connectivity index (χ1n) is 5.81. The largest absolute Gasteiger partial charge is 0.305 e. The maximum absolute atomic E-state index is 6.26. The Morgan fingerprint density at radius 1 is 1.16 bits per heavy atom. The van der Waals surface area contributed by atoms with Gasteiger partial charge in [-0.1, -0.05) is 29.3 Å². The van der Waals surface area contributed by atoms with Gasteiger partial charge in [-0.3, -0.25) is 0 Å². The van der Waals surface area contributed by atoms with Crippen molar-refractivity contribution in [3.05, 3.63) is 34.1 Å². The van der Waals surface area contributed by atoms with E-state index in [-0.39, 0.29) is 5.54 Å². The normalized spacial score (nSPS) is 11.9. The molecule has 2 rings (SSSR count). The number of halogens is 3. The fraction of sp³-hybridized carbons (Fsp3) is 0.385. The summed E-state index contributed by atoms with van der Waals surface area (Å²) in [5.41, 5.74) is 0.558. The molecule has 0 aliphatic heterocycles. The van der Waals surface area contributed by atoms with Crippen molar-refractivity contribution in [3.8, 4) is 11.4 Å². The minimum absolute atomic E-state index is 0.200. The van der Waals surface area contributed by atoms with Crippen LogP contribution in [-0.2, 0) is 11.4 Å². The molecule has 2 aromatic rings. The predicted molar refractivity (Wildman–Crippen MR) is 80.0 cm³/mol. The molecule has 1 heterocycles. The number of rotatable bonds is 2. The van der Waals surface area contributed by atoms with Crippen LogP contribution in [0.1, 0.15) is 26.6 Å². The molecule has 1 aromatic carbocycles. The molecule has 0 N–H and O–H groups in total. The Kier molecular flexibility index (Phi) is 4.09. The number of benzene rings is 1. The van der Waals surface area contributed by atoms with Crippen LogP contribution >= 0.6 is 34.8 Å². The second-order valence-corrected chi connectivity index (χ2v) is 6.23. The van der Waals surface area contributed by atoms with E-state index in [9.17, 15) is 0 Å². The van der Waals surface area contributed by atoms with E-state index in [1.807, 2.05) is 16.7 Å². The van der Waals surface area contributed by atoms with Gasteiger partial charge in [-0.25, -0.2) is 0 Å². The van der Waals surface area contributed by atoms with Gasteiger partial charge in [0.2, 0.25) is 0 Å². The highest BCUT2D eigenvalue weighted by molar-refractivity contribution is 6.43. The smallest absolute Gasteiger partial charge is 0.166 e. The third kappa shape index (κ3) is 2.73. The molecule has 102 valence electrons. The number of aromatic nitrogens is 3. The Bertz CT molecular complexity index is 600. The Morgan fingerprint density at radius 2 is 1.84 bits per heavy atom. The molecule has 0 radical (unpaired) electrons. The zero-order valence-corrected chi connectivity index (χ0v) is 13.2. The Morgan fingerprint density at radius 3 is 2.42 bits per heavy atom. The third-order valence-corrected chi connectivity index (χ3v) is 3.77. The molecular formula is C13H14Cl3N3. The van der Waals surface area contributed by atoms with Crippen LogP contribution in [0.5, 0.6) is 0 Å². The van der Waals surface area contributed by atoms with Gasteiger partial charge in [0, 0.05) is 11.1 Å². The lowest BCUT2D eigenvalue weighted by Gasteiger charge is -2.25. The average molecular weight is 319 g/mol. The first-order valence-corrected chi connectivity index (χ1v) is 7.10. The summed E-state index contributed by atoms with van der Waals surface area (Å²) in [6.45, 7) is 6.19. The van der Waals surface area contributed by atoms with Crippen molar-refractivity contribution in [2.75, 3.05) is 0 Å². The molecule has 0 atom stereocenters. The minimum atomic E-state index is -0.200. The van der Waals surface area contributed by atoms with Gasteiger partial charge >= 0.3 is 0 Å². The van der Waals surface area contributed by atoms with Gasteiger partial charge in [0.15, 0.2) is 5.82 Å². The van der Waals surface area contributed by atoms with Crippen molar-refractivity contribution in [3.63, 3.8) is 0 Å². The quantitative estimate of drug-likeness (QED) is 0.748. The van der Waals surface area contributed by atoms with Gasteiger partial charge in [0.1, 0.15) is 5.82 Å². The summed E-state index contributed by atoms with van der Waals surface area (Å²) >= 11 is 18.2. The summed E-state index contributed by atoms with van der Waals surface area (Å²) in [6.07, 6.45) is 0. The van der Waals surface area contributed by atoms with E-state index >= 15 is 0 Å². The van der Waals surface area contributed by atoms with E-state index in [1.165, 1.54) is 0 Å². The van der Waals surface area contributed by atoms with Crippen LogP contribution in [0.25, 0.3) is 11.4 Å².